The summed E-state index contributed by atoms with van der Waals surface area (Å²) < 4.78 is 5.11. The highest BCUT2D eigenvalue weighted by Crippen LogP contribution is 2.17. The molecule has 1 unspecified atom stereocenters. The van der Waals surface area contributed by atoms with Gasteiger partial charge in [-0.15, -0.1) is 0 Å². The molecule has 1 aliphatic heterocycles. The number of nitrogens with zero attached hydrogens (tertiary/aromatic N) is 2. The fourth-order valence-corrected chi connectivity index (χ4v) is 2.65. The first kappa shape index (κ1) is 17.3. The van der Waals surface area contributed by atoms with E-state index in [4.69, 9.17) is 4.74 Å². The van der Waals surface area contributed by atoms with Gasteiger partial charge in [0.05, 0.1) is 13.2 Å². The van der Waals surface area contributed by atoms with Crippen LogP contribution in [0.1, 0.15) is 25.5 Å². The minimum absolute atomic E-state index is 0.228. The number of likely N-dealkylation sites (N-methyl/N-ethyl adjacent to an activating group) is 1. The number of carbonyl (C=O) groups excluding carboxylic acids is 2. The zero-order valence-corrected chi connectivity index (χ0v) is 14.0. The van der Waals surface area contributed by atoms with Crippen molar-refractivity contribution in [2.45, 2.75) is 19.9 Å². The molecule has 0 aromatic heterocycles. The van der Waals surface area contributed by atoms with Crippen LogP contribution in [-0.2, 0) is 9.59 Å². The molecule has 1 aromatic carbocycles. The van der Waals surface area contributed by atoms with Gasteiger partial charge in [0, 0.05) is 26.2 Å². The molecule has 0 aliphatic carbocycles. The van der Waals surface area contributed by atoms with Crippen LogP contribution in [0.25, 0.3) is 0 Å². The van der Waals surface area contributed by atoms with Crippen LogP contribution < -0.4 is 10.1 Å². The number of nitrogens with one attached hydrogen (secondary N) is 1. The van der Waals surface area contributed by atoms with E-state index >= 15 is 0 Å². The van der Waals surface area contributed by atoms with Gasteiger partial charge >= 0.3 is 11.8 Å². The quantitative estimate of drug-likeness (QED) is 0.842. The van der Waals surface area contributed by atoms with E-state index in [-0.39, 0.29) is 6.04 Å². The number of carbonyl (C=O) groups is 2. The Labute approximate surface area is 137 Å². The van der Waals surface area contributed by atoms with Gasteiger partial charge in [0.15, 0.2) is 0 Å². The normalized spacial score (nSPS) is 16.7. The molecule has 6 heteroatoms. The van der Waals surface area contributed by atoms with Crippen LogP contribution in [0, 0.1) is 0 Å². The minimum Gasteiger partial charge on any atom is -0.497 e. The van der Waals surface area contributed by atoms with Gasteiger partial charge in [-0.25, -0.2) is 0 Å². The van der Waals surface area contributed by atoms with Crippen molar-refractivity contribution >= 4 is 11.8 Å². The number of hydrogen-bond donors (Lipinski definition) is 1. The molecule has 1 aromatic rings. The lowest BCUT2D eigenvalue weighted by Gasteiger charge is -2.33. The third-order valence-electron chi connectivity index (χ3n) is 4.26. The number of hydrogen-bond acceptors (Lipinski definition) is 4. The Bertz CT molecular complexity index is 537. The van der Waals surface area contributed by atoms with Gasteiger partial charge in [-0.3, -0.25) is 9.59 Å². The van der Waals surface area contributed by atoms with Crippen molar-refractivity contribution in [1.29, 1.82) is 0 Å². The molecule has 1 fully saturated rings. The van der Waals surface area contributed by atoms with Crippen molar-refractivity contribution in [2.75, 3.05) is 39.8 Å². The van der Waals surface area contributed by atoms with Crippen molar-refractivity contribution in [3.05, 3.63) is 29.8 Å². The zero-order chi connectivity index (χ0) is 16.8. The SMILES string of the molecule is CCN1CCN(C(=O)C(=O)NC(C)c2ccc(OC)cc2)CC1. The molecule has 0 spiro atoms. The monoisotopic (exact) mass is 319 g/mol. The topological polar surface area (TPSA) is 61.9 Å². The summed E-state index contributed by atoms with van der Waals surface area (Å²) >= 11 is 0. The number of methoxy groups -OCH3 is 1. The highest BCUT2D eigenvalue weighted by molar-refractivity contribution is 6.35. The van der Waals surface area contributed by atoms with E-state index in [1.54, 1.807) is 12.0 Å². The first-order valence-corrected chi connectivity index (χ1v) is 8.01. The van der Waals surface area contributed by atoms with E-state index < -0.39 is 11.8 Å². The van der Waals surface area contributed by atoms with Crippen molar-refractivity contribution < 1.29 is 14.3 Å². The summed E-state index contributed by atoms with van der Waals surface area (Å²) in [6.07, 6.45) is 0. The predicted molar refractivity (Wildman–Crippen MR) is 88.2 cm³/mol. The molecule has 2 rings (SSSR count). The van der Waals surface area contributed by atoms with E-state index in [9.17, 15) is 9.59 Å². The summed E-state index contributed by atoms with van der Waals surface area (Å²) in [5.74, 6) is -0.225. The number of piperazine rings is 1. The molecule has 126 valence electrons. The van der Waals surface area contributed by atoms with Crippen LogP contribution in [0.2, 0.25) is 0 Å². The second-order valence-corrected chi connectivity index (χ2v) is 5.69. The highest BCUT2D eigenvalue weighted by Gasteiger charge is 2.26. The van der Waals surface area contributed by atoms with Crippen molar-refractivity contribution in [3.63, 3.8) is 0 Å². The molecule has 1 saturated heterocycles. The summed E-state index contributed by atoms with van der Waals surface area (Å²) in [6, 6.07) is 7.21. The molecule has 0 saturated carbocycles. The number of amides is 2. The summed E-state index contributed by atoms with van der Waals surface area (Å²) in [5.41, 5.74) is 0.933. The smallest absolute Gasteiger partial charge is 0.311 e. The molecule has 1 N–H and O–H groups in total. The number of ether oxygens (including phenoxy) is 1. The Morgan fingerprint density at radius 1 is 1.17 bits per heavy atom. The lowest BCUT2D eigenvalue weighted by atomic mass is 10.1. The van der Waals surface area contributed by atoms with Crippen molar-refractivity contribution in [1.82, 2.24) is 15.1 Å². The molecule has 1 aliphatic rings. The number of rotatable bonds is 4. The zero-order valence-electron chi connectivity index (χ0n) is 14.0. The van der Waals surface area contributed by atoms with Crippen LogP contribution in [-0.4, -0.2) is 61.4 Å². The highest BCUT2D eigenvalue weighted by atomic mass is 16.5. The first-order valence-electron chi connectivity index (χ1n) is 8.01. The van der Waals surface area contributed by atoms with Crippen LogP contribution >= 0.6 is 0 Å². The van der Waals surface area contributed by atoms with Gasteiger partial charge in [-0.1, -0.05) is 19.1 Å². The van der Waals surface area contributed by atoms with Gasteiger partial charge in [0.1, 0.15) is 5.75 Å². The summed E-state index contributed by atoms with van der Waals surface area (Å²) in [5, 5.41) is 2.77. The Kier molecular flexibility index (Phi) is 5.98. The van der Waals surface area contributed by atoms with E-state index in [2.05, 4.69) is 17.1 Å². The number of benzene rings is 1. The standard InChI is InChI=1S/C17H25N3O3/c1-4-19-9-11-20(12-10-19)17(22)16(21)18-13(2)14-5-7-15(23-3)8-6-14/h5-8,13H,4,9-12H2,1-3H3,(H,18,21). The fraction of sp³-hybridized carbons (Fsp3) is 0.529. The lowest BCUT2D eigenvalue weighted by molar-refractivity contribution is -0.147. The Balaban J connectivity index is 1.88. The van der Waals surface area contributed by atoms with Crippen LogP contribution in [0.5, 0.6) is 5.75 Å². The first-order chi connectivity index (χ1) is 11.0. The lowest BCUT2D eigenvalue weighted by Crippen LogP contribution is -2.52. The minimum atomic E-state index is -0.543. The molecule has 0 radical (unpaired) electrons. The van der Waals surface area contributed by atoms with E-state index in [0.717, 1.165) is 30.9 Å². The molecule has 1 heterocycles. The Hall–Kier alpha value is -2.08. The predicted octanol–water partition coefficient (Wildman–Crippen LogP) is 1.04. The molecule has 2 amide bonds. The van der Waals surface area contributed by atoms with Crippen LogP contribution in [0.4, 0.5) is 0 Å². The van der Waals surface area contributed by atoms with Gasteiger partial charge in [-0.2, -0.15) is 0 Å². The van der Waals surface area contributed by atoms with Crippen molar-refractivity contribution in [3.8, 4) is 5.75 Å². The summed E-state index contributed by atoms with van der Waals surface area (Å²) in [7, 11) is 1.61. The van der Waals surface area contributed by atoms with Crippen molar-refractivity contribution in [2.24, 2.45) is 0 Å². The van der Waals surface area contributed by atoms with E-state index in [1.807, 2.05) is 31.2 Å². The average Bonchev–Trinajstić information content (AvgIpc) is 2.61. The molecular weight excluding hydrogens is 294 g/mol. The van der Waals surface area contributed by atoms with Gasteiger partial charge in [0.2, 0.25) is 0 Å². The maximum absolute atomic E-state index is 12.2. The molecule has 23 heavy (non-hydrogen) atoms. The third kappa shape index (κ3) is 4.45. The molecule has 0 bridgehead atoms. The Morgan fingerprint density at radius 3 is 2.30 bits per heavy atom. The Morgan fingerprint density at radius 2 is 1.78 bits per heavy atom. The van der Waals surface area contributed by atoms with E-state index in [0.29, 0.717) is 13.1 Å². The van der Waals surface area contributed by atoms with Gasteiger partial charge < -0.3 is 19.9 Å². The average molecular weight is 319 g/mol. The van der Waals surface area contributed by atoms with Gasteiger partial charge in [-0.05, 0) is 31.2 Å². The summed E-state index contributed by atoms with van der Waals surface area (Å²) in [4.78, 5) is 28.3. The molecule has 1 atom stereocenters. The third-order valence-corrected chi connectivity index (χ3v) is 4.26. The maximum Gasteiger partial charge on any atom is 0.311 e. The van der Waals surface area contributed by atoms with E-state index in [1.165, 1.54) is 0 Å². The second kappa shape index (κ2) is 7.97. The fourth-order valence-electron chi connectivity index (χ4n) is 2.65. The molecular formula is C17H25N3O3. The maximum atomic E-state index is 12.2. The summed E-state index contributed by atoms with van der Waals surface area (Å²) in [6.45, 7) is 7.80. The largest absolute Gasteiger partial charge is 0.497 e. The second-order valence-electron chi connectivity index (χ2n) is 5.69. The van der Waals surface area contributed by atoms with Crippen LogP contribution in [0.3, 0.4) is 0 Å². The molecule has 6 nitrogen and oxygen atoms in total. The van der Waals surface area contributed by atoms with Gasteiger partial charge in [0.25, 0.3) is 0 Å². The van der Waals surface area contributed by atoms with Crippen LogP contribution in [0.15, 0.2) is 24.3 Å².